The van der Waals surface area contributed by atoms with E-state index in [1.165, 1.54) is 5.56 Å². The largest absolute Gasteiger partial charge is 0.493 e. The predicted molar refractivity (Wildman–Crippen MR) is 84.2 cm³/mol. The summed E-state index contributed by atoms with van der Waals surface area (Å²) in [5, 5.41) is 0. The first-order valence-corrected chi connectivity index (χ1v) is 7.01. The summed E-state index contributed by atoms with van der Waals surface area (Å²) in [6.07, 6.45) is 0.960. The van der Waals surface area contributed by atoms with Crippen molar-refractivity contribution in [3.63, 3.8) is 0 Å². The van der Waals surface area contributed by atoms with Gasteiger partial charge in [0, 0.05) is 0 Å². The molecule has 0 amide bonds. The van der Waals surface area contributed by atoms with Crippen LogP contribution in [0, 0.1) is 0 Å². The van der Waals surface area contributed by atoms with Crippen molar-refractivity contribution in [1.82, 2.24) is 0 Å². The molecule has 0 atom stereocenters. The van der Waals surface area contributed by atoms with E-state index in [0.717, 1.165) is 6.42 Å². The van der Waals surface area contributed by atoms with Crippen LogP contribution in [0.1, 0.15) is 12.5 Å². The number of nitrogens with two attached hydrogens (primary N) is 1. The van der Waals surface area contributed by atoms with Gasteiger partial charge in [0.25, 0.3) is 0 Å². The van der Waals surface area contributed by atoms with Gasteiger partial charge in [0.05, 0.1) is 12.8 Å². The summed E-state index contributed by atoms with van der Waals surface area (Å²) >= 11 is 0. The van der Waals surface area contributed by atoms with E-state index in [2.05, 4.69) is 6.92 Å². The number of aryl methyl sites for hydroxylation is 1. The van der Waals surface area contributed by atoms with Crippen molar-refractivity contribution in [1.29, 1.82) is 0 Å². The van der Waals surface area contributed by atoms with Gasteiger partial charge in [-0.25, -0.2) is 0 Å². The topological polar surface area (TPSA) is 53.7 Å². The number of nitrogen functional groups attached to an aromatic ring is 1. The monoisotopic (exact) mass is 287 g/mol. The Labute approximate surface area is 125 Å². The van der Waals surface area contributed by atoms with E-state index in [0.29, 0.717) is 36.1 Å². The molecule has 0 radical (unpaired) electrons. The van der Waals surface area contributed by atoms with Gasteiger partial charge in [-0.1, -0.05) is 25.1 Å². The summed E-state index contributed by atoms with van der Waals surface area (Å²) in [5.74, 6) is 2.11. The smallest absolute Gasteiger partial charge is 0.161 e. The van der Waals surface area contributed by atoms with Gasteiger partial charge in [0.1, 0.15) is 19.0 Å². The fraction of sp³-hybridized carbons (Fsp3) is 0.294. The molecule has 2 aromatic carbocycles. The molecule has 0 aliphatic rings. The average molecular weight is 287 g/mol. The molecule has 0 aliphatic carbocycles. The third-order valence-electron chi connectivity index (χ3n) is 3.15. The molecule has 0 heterocycles. The van der Waals surface area contributed by atoms with E-state index in [1.54, 1.807) is 7.11 Å². The molecule has 4 heteroatoms. The molecule has 2 N–H and O–H groups in total. The van der Waals surface area contributed by atoms with E-state index in [4.69, 9.17) is 19.9 Å². The highest BCUT2D eigenvalue weighted by Gasteiger charge is 2.04. The maximum atomic E-state index is 5.95. The standard InChI is InChI=1S/C17H21NO3/c1-3-13-8-9-15(14(18)12-13)20-10-11-21-17-7-5-4-6-16(17)19-2/h4-9,12H,3,10-11,18H2,1-2H3. The van der Waals surface area contributed by atoms with E-state index in [1.807, 2.05) is 42.5 Å². The zero-order chi connectivity index (χ0) is 15.1. The molecule has 2 rings (SSSR count). The molecule has 112 valence electrons. The Morgan fingerprint density at radius 1 is 0.905 bits per heavy atom. The maximum Gasteiger partial charge on any atom is 0.161 e. The zero-order valence-corrected chi connectivity index (χ0v) is 12.5. The number of ether oxygens (including phenoxy) is 3. The molecule has 0 aromatic heterocycles. The minimum absolute atomic E-state index is 0.424. The van der Waals surface area contributed by atoms with Crippen LogP contribution in [0.15, 0.2) is 42.5 Å². The van der Waals surface area contributed by atoms with Gasteiger partial charge in [0.15, 0.2) is 11.5 Å². The predicted octanol–water partition coefficient (Wildman–Crippen LogP) is 3.30. The number of rotatable bonds is 7. The lowest BCUT2D eigenvalue weighted by Gasteiger charge is -2.12. The second kappa shape index (κ2) is 7.43. The lowest BCUT2D eigenvalue weighted by atomic mass is 10.1. The molecule has 0 saturated carbocycles. The van der Waals surface area contributed by atoms with E-state index < -0.39 is 0 Å². The Morgan fingerprint density at radius 2 is 1.57 bits per heavy atom. The number of benzene rings is 2. The zero-order valence-electron chi connectivity index (χ0n) is 12.5. The lowest BCUT2D eigenvalue weighted by molar-refractivity contribution is 0.212. The summed E-state index contributed by atoms with van der Waals surface area (Å²) < 4.78 is 16.5. The fourth-order valence-electron chi connectivity index (χ4n) is 1.99. The van der Waals surface area contributed by atoms with Crippen LogP contribution in [0.4, 0.5) is 5.69 Å². The fourth-order valence-corrected chi connectivity index (χ4v) is 1.99. The van der Waals surface area contributed by atoms with Gasteiger partial charge < -0.3 is 19.9 Å². The first kappa shape index (κ1) is 15.0. The Morgan fingerprint density at radius 3 is 2.19 bits per heavy atom. The van der Waals surface area contributed by atoms with Gasteiger partial charge in [-0.15, -0.1) is 0 Å². The maximum absolute atomic E-state index is 5.95. The molecule has 0 saturated heterocycles. The van der Waals surface area contributed by atoms with Crippen LogP contribution in [0.5, 0.6) is 17.2 Å². The molecule has 21 heavy (non-hydrogen) atoms. The number of para-hydroxylation sites is 2. The Kier molecular flexibility index (Phi) is 5.32. The molecule has 0 unspecified atom stereocenters. The SMILES string of the molecule is CCc1ccc(OCCOc2ccccc2OC)c(N)c1. The quantitative estimate of drug-likeness (QED) is 0.627. The summed E-state index contributed by atoms with van der Waals surface area (Å²) in [5.41, 5.74) is 7.81. The number of hydrogen-bond donors (Lipinski definition) is 1. The first-order chi connectivity index (χ1) is 10.2. The summed E-state index contributed by atoms with van der Waals surface area (Å²) in [6.45, 7) is 2.94. The second-order valence-corrected chi connectivity index (χ2v) is 4.57. The average Bonchev–Trinajstić information content (AvgIpc) is 2.53. The Bertz CT molecular complexity index is 584. The van der Waals surface area contributed by atoms with E-state index >= 15 is 0 Å². The van der Waals surface area contributed by atoms with Crippen molar-refractivity contribution < 1.29 is 14.2 Å². The molecule has 0 spiro atoms. The molecule has 4 nitrogen and oxygen atoms in total. The highest BCUT2D eigenvalue weighted by atomic mass is 16.5. The molecule has 0 fully saturated rings. The number of methoxy groups -OCH3 is 1. The molecular weight excluding hydrogens is 266 g/mol. The van der Waals surface area contributed by atoms with E-state index in [-0.39, 0.29) is 0 Å². The van der Waals surface area contributed by atoms with Gasteiger partial charge >= 0.3 is 0 Å². The number of hydrogen-bond acceptors (Lipinski definition) is 4. The minimum Gasteiger partial charge on any atom is -0.493 e. The molecule has 0 aliphatic heterocycles. The van der Waals surface area contributed by atoms with Crippen molar-refractivity contribution in [3.8, 4) is 17.2 Å². The summed E-state index contributed by atoms with van der Waals surface area (Å²) in [4.78, 5) is 0. The highest BCUT2D eigenvalue weighted by molar-refractivity contribution is 5.54. The molecule has 2 aromatic rings. The van der Waals surface area contributed by atoms with Crippen LogP contribution in [-0.4, -0.2) is 20.3 Å². The van der Waals surface area contributed by atoms with Crippen molar-refractivity contribution in [3.05, 3.63) is 48.0 Å². The van der Waals surface area contributed by atoms with Crippen molar-refractivity contribution in [2.75, 3.05) is 26.1 Å². The van der Waals surface area contributed by atoms with Crippen LogP contribution >= 0.6 is 0 Å². The minimum atomic E-state index is 0.424. The third-order valence-corrected chi connectivity index (χ3v) is 3.15. The number of anilines is 1. The van der Waals surface area contributed by atoms with Crippen molar-refractivity contribution in [2.45, 2.75) is 13.3 Å². The van der Waals surface area contributed by atoms with Gasteiger partial charge in [-0.3, -0.25) is 0 Å². The summed E-state index contributed by atoms with van der Waals surface area (Å²) in [7, 11) is 1.62. The van der Waals surface area contributed by atoms with Crippen LogP contribution in [0.2, 0.25) is 0 Å². The summed E-state index contributed by atoms with van der Waals surface area (Å²) in [6, 6.07) is 13.4. The van der Waals surface area contributed by atoms with Gasteiger partial charge in [-0.2, -0.15) is 0 Å². The van der Waals surface area contributed by atoms with Crippen LogP contribution in [-0.2, 0) is 6.42 Å². The van der Waals surface area contributed by atoms with Crippen LogP contribution < -0.4 is 19.9 Å². The Hall–Kier alpha value is -2.36. The van der Waals surface area contributed by atoms with Gasteiger partial charge in [0.2, 0.25) is 0 Å². The van der Waals surface area contributed by atoms with Crippen LogP contribution in [0.3, 0.4) is 0 Å². The first-order valence-electron chi connectivity index (χ1n) is 7.01. The van der Waals surface area contributed by atoms with Crippen molar-refractivity contribution in [2.24, 2.45) is 0 Å². The lowest BCUT2D eigenvalue weighted by Crippen LogP contribution is -2.10. The Balaban J connectivity index is 1.85. The highest BCUT2D eigenvalue weighted by Crippen LogP contribution is 2.26. The van der Waals surface area contributed by atoms with E-state index in [9.17, 15) is 0 Å². The molecular formula is C17H21NO3. The van der Waals surface area contributed by atoms with Crippen molar-refractivity contribution >= 4 is 5.69 Å². The third kappa shape index (κ3) is 4.05. The van der Waals surface area contributed by atoms with Gasteiger partial charge in [-0.05, 0) is 36.2 Å². The second-order valence-electron chi connectivity index (χ2n) is 4.57. The molecule has 0 bridgehead atoms. The normalized spacial score (nSPS) is 10.2. The van der Waals surface area contributed by atoms with Crippen LogP contribution in [0.25, 0.3) is 0 Å².